The summed E-state index contributed by atoms with van der Waals surface area (Å²) in [5, 5.41) is 10.8. The van der Waals surface area contributed by atoms with Crippen LogP contribution in [0.15, 0.2) is 30.3 Å². The van der Waals surface area contributed by atoms with Crippen LogP contribution in [0.1, 0.15) is 51.5 Å². The minimum Gasteiger partial charge on any atom is -0.391 e. The smallest absolute Gasteiger partial charge is 0.0726 e. The van der Waals surface area contributed by atoms with Crippen molar-refractivity contribution in [3.63, 3.8) is 0 Å². The second kappa shape index (κ2) is 7.24. The molecule has 1 heterocycles. The van der Waals surface area contributed by atoms with Gasteiger partial charge in [0.15, 0.2) is 0 Å². The van der Waals surface area contributed by atoms with Gasteiger partial charge in [0.05, 0.1) is 6.10 Å². The number of nitrogens with zero attached hydrogens (tertiary/aromatic N) is 1. The van der Waals surface area contributed by atoms with E-state index in [0.29, 0.717) is 0 Å². The van der Waals surface area contributed by atoms with Gasteiger partial charge in [0.1, 0.15) is 0 Å². The van der Waals surface area contributed by atoms with Gasteiger partial charge in [-0.25, -0.2) is 0 Å². The second-order valence-electron chi connectivity index (χ2n) is 6.04. The van der Waals surface area contributed by atoms with Crippen LogP contribution in [0.3, 0.4) is 0 Å². The monoisotopic (exact) mass is 275 g/mol. The zero-order chi connectivity index (χ0) is 14.4. The van der Waals surface area contributed by atoms with E-state index in [1.54, 1.807) is 0 Å². The van der Waals surface area contributed by atoms with Crippen LogP contribution in [-0.2, 0) is 6.42 Å². The normalized spacial score (nSPS) is 18.4. The molecule has 0 aliphatic carbocycles. The Morgan fingerprint density at radius 1 is 1.10 bits per heavy atom. The van der Waals surface area contributed by atoms with Gasteiger partial charge in [-0.1, -0.05) is 44.2 Å². The number of aryl methyl sites for hydroxylation is 1. The first kappa shape index (κ1) is 15.5. The minimum atomic E-state index is -0.226. The zero-order valence-corrected chi connectivity index (χ0v) is 13.0. The fourth-order valence-electron chi connectivity index (χ4n) is 3.76. The Morgan fingerprint density at radius 2 is 1.70 bits per heavy atom. The molecule has 1 saturated heterocycles. The van der Waals surface area contributed by atoms with E-state index in [2.05, 4.69) is 43.0 Å². The molecule has 1 aromatic rings. The molecule has 0 saturated carbocycles. The van der Waals surface area contributed by atoms with E-state index in [9.17, 15) is 5.11 Å². The van der Waals surface area contributed by atoms with Crippen LogP contribution in [0.5, 0.6) is 0 Å². The summed E-state index contributed by atoms with van der Waals surface area (Å²) in [6, 6.07) is 10.5. The van der Waals surface area contributed by atoms with Crippen molar-refractivity contribution in [2.45, 2.75) is 64.0 Å². The molecule has 2 rings (SSSR count). The molecule has 0 radical (unpaired) electrons. The Bertz CT molecular complexity index is 380. The highest BCUT2D eigenvalue weighted by Crippen LogP contribution is 2.33. The van der Waals surface area contributed by atoms with Gasteiger partial charge in [-0.2, -0.15) is 0 Å². The molecule has 112 valence electrons. The van der Waals surface area contributed by atoms with Crippen LogP contribution in [-0.4, -0.2) is 34.7 Å². The van der Waals surface area contributed by atoms with Gasteiger partial charge in [0.2, 0.25) is 0 Å². The first-order chi connectivity index (χ1) is 9.73. The number of aliphatic hydroxyl groups is 1. The van der Waals surface area contributed by atoms with E-state index in [-0.39, 0.29) is 11.6 Å². The molecular formula is C18H29NO. The third-order valence-corrected chi connectivity index (χ3v) is 5.13. The highest BCUT2D eigenvalue weighted by molar-refractivity contribution is 5.15. The van der Waals surface area contributed by atoms with Crippen LogP contribution in [0, 0.1) is 0 Å². The Kier molecular flexibility index (Phi) is 5.62. The zero-order valence-electron chi connectivity index (χ0n) is 13.0. The summed E-state index contributed by atoms with van der Waals surface area (Å²) in [7, 11) is 0. The van der Waals surface area contributed by atoms with Gasteiger partial charge in [-0.3, -0.25) is 4.90 Å². The van der Waals surface area contributed by atoms with E-state index in [4.69, 9.17) is 0 Å². The number of rotatable bonds is 7. The molecule has 1 aromatic carbocycles. The summed E-state index contributed by atoms with van der Waals surface area (Å²) >= 11 is 0. The van der Waals surface area contributed by atoms with Crippen molar-refractivity contribution in [2.75, 3.05) is 13.1 Å². The first-order valence-electron chi connectivity index (χ1n) is 8.20. The predicted octanol–water partition coefficient (Wildman–Crippen LogP) is 3.63. The van der Waals surface area contributed by atoms with E-state index < -0.39 is 0 Å². The lowest BCUT2D eigenvalue weighted by molar-refractivity contribution is -0.0313. The fraction of sp³-hybridized carbons (Fsp3) is 0.667. The van der Waals surface area contributed by atoms with Gasteiger partial charge in [-0.05, 0) is 57.2 Å². The average Bonchev–Trinajstić information content (AvgIpc) is 3.03. The maximum atomic E-state index is 10.8. The van der Waals surface area contributed by atoms with Crippen molar-refractivity contribution in [3.05, 3.63) is 35.9 Å². The van der Waals surface area contributed by atoms with Crippen molar-refractivity contribution in [1.29, 1.82) is 0 Å². The summed E-state index contributed by atoms with van der Waals surface area (Å²) in [4.78, 5) is 2.54. The number of benzene rings is 1. The number of aliphatic hydroxyl groups excluding tert-OH is 1. The molecule has 2 heteroatoms. The molecule has 20 heavy (non-hydrogen) atoms. The molecule has 1 fully saturated rings. The Hall–Kier alpha value is -0.860. The number of hydrogen-bond donors (Lipinski definition) is 1. The van der Waals surface area contributed by atoms with Crippen LogP contribution >= 0.6 is 0 Å². The van der Waals surface area contributed by atoms with Crippen molar-refractivity contribution < 1.29 is 5.11 Å². The van der Waals surface area contributed by atoms with Crippen LogP contribution < -0.4 is 0 Å². The quantitative estimate of drug-likeness (QED) is 0.821. The maximum absolute atomic E-state index is 10.8. The molecule has 1 aliphatic heterocycles. The molecule has 1 atom stereocenters. The van der Waals surface area contributed by atoms with E-state index in [1.165, 1.54) is 18.4 Å². The molecule has 0 spiro atoms. The maximum Gasteiger partial charge on any atom is 0.0726 e. The third kappa shape index (κ3) is 3.24. The van der Waals surface area contributed by atoms with E-state index in [1.807, 2.05) is 6.07 Å². The van der Waals surface area contributed by atoms with Crippen molar-refractivity contribution in [2.24, 2.45) is 0 Å². The molecule has 0 bridgehead atoms. The first-order valence-corrected chi connectivity index (χ1v) is 8.20. The van der Waals surface area contributed by atoms with Crippen molar-refractivity contribution >= 4 is 0 Å². The van der Waals surface area contributed by atoms with Gasteiger partial charge >= 0.3 is 0 Å². The Labute approximate surface area is 123 Å². The second-order valence-corrected chi connectivity index (χ2v) is 6.04. The van der Waals surface area contributed by atoms with Gasteiger partial charge in [-0.15, -0.1) is 0 Å². The van der Waals surface area contributed by atoms with Crippen LogP contribution in [0.4, 0.5) is 0 Å². The molecular weight excluding hydrogens is 246 g/mol. The van der Waals surface area contributed by atoms with E-state index >= 15 is 0 Å². The summed E-state index contributed by atoms with van der Waals surface area (Å²) in [6.45, 7) is 6.77. The summed E-state index contributed by atoms with van der Waals surface area (Å²) < 4.78 is 0. The lowest BCUT2D eigenvalue weighted by Gasteiger charge is -2.44. The van der Waals surface area contributed by atoms with Gasteiger partial charge in [0, 0.05) is 5.54 Å². The average molecular weight is 275 g/mol. The van der Waals surface area contributed by atoms with Crippen molar-refractivity contribution in [1.82, 2.24) is 4.90 Å². The van der Waals surface area contributed by atoms with Gasteiger partial charge < -0.3 is 5.11 Å². The number of likely N-dealkylation sites (tertiary alicyclic amines) is 1. The summed E-state index contributed by atoms with van der Waals surface area (Å²) in [6.07, 6.45) is 6.26. The number of hydrogen-bond acceptors (Lipinski definition) is 2. The summed E-state index contributed by atoms with van der Waals surface area (Å²) in [5.41, 5.74) is 1.32. The standard InChI is InChI=1S/C18H29NO/c1-3-18(4-2,19-14-8-9-15-19)17(20)13-12-16-10-6-5-7-11-16/h5-7,10-11,17,20H,3-4,8-9,12-15H2,1-2H3. The van der Waals surface area contributed by atoms with Crippen LogP contribution in [0.25, 0.3) is 0 Å². The predicted molar refractivity (Wildman–Crippen MR) is 84.9 cm³/mol. The Morgan fingerprint density at radius 3 is 2.25 bits per heavy atom. The van der Waals surface area contributed by atoms with Crippen LogP contribution in [0.2, 0.25) is 0 Å². The molecule has 1 unspecified atom stereocenters. The molecule has 1 aliphatic rings. The highest BCUT2D eigenvalue weighted by atomic mass is 16.3. The lowest BCUT2D eigenvalue weighted by atomic mass is 9.82. The summed E-state index contributed by atoms with van der Waals surface area (Å²) in [5.74, 6) is 0. The van der Waals surface area contributed by atoms with Gasteiger partial charge in [0.25, 0.3) is 0 Å². The largest absolute Gasteiger partial charge is 0.391 e. The third-order valence-electron chi connectivity index (χ3n) is 5.13. The Balaban J connectivity index is 2.01. The molecule has 1 N–H and O–H groups in total. The minimum absolute atomic E-state index is 0.00865. The molecule has 0 amide bonds. The molecule has 0 aromatic heterocycles. The SMILES string of the molecule is CCC(CC)(C(O)CCc1ccccc1)N1CCCC1. The van der Waals surface area contributed by atoms with Crippen molar-refractivity contribution in [3.8, 4) is 0 Å². The topological polar surface area (TPSA) is 23.5 Å². The lowest BCUT2D eigenvalue weighted by Crippen LogP contribution is -2.55. The van der Waals surface area contributed by atoms with E-state index in [0.717, 1.165) is 38.8 Å². The highest BCUT2D eigenvalue weighted by Gasteiger charge is 2.40. The molecule has 2 nitrogen and oxygen atoms in total. The fourth-order valence-corrected chi connectivity index (χ4v) is 3.76.